The van der Waals surface area contributed by atoms with Gasteiger partial charge in [0.1, 0.15) is 17.2 Å². The lowest BCUT2D eigenvalue weighted by Crippen LogP contribution is -2.38. The van der Waals surface area contributed by atoms with Gasteiger partial charge in [0.2, 0.25) is 10.0 Å². The lowest BCUT2D eigenvalue weighted by Gasteiger charge is -2.22. The molecule has 0 aromatic heterocycles. The molecule has 0 saturated carbocycles. The number of nitrogens with zero attached hydrogens (tertiary/aromatic N) is 2. The molecule has 0 bridgehead atoms. The Hall–Kier alpha value is -2.17. The first-order valence-electron chi connectivity index (χ1n) is 8.23. The average molecular weight is 402 g/mol. The number of carbonyl (C=O) groups excluding carboxylic acids is 2. The lowest BCUT2D eigenvalue weighted by molar-refractivity contribution is -0.143. The summed E-state index contributed by atoms with van der Waals surface area (Å²) in [6.45, 7) is 1.96. The van der Waals surface area contributed by atoms with Crippen LogP contribution >= 0.6 is 0 Å². The number of amides is 1. The topological polar surface area (TPSA) is 102 Å². The second-order valence-electron chi connectivity index (χ2n) is 5.68. The van der Waals surface area contributed by atoms with Gasteiger partial charge >= 0.3 is 5.97 Å². The van der Waals surface area contributed by atoms with Crippen molar-refractivity contribution in [1.82, 2.24) is 9.21 Å². The Morgan fingerprint density at radius 1 is 1.15 bits per heavy atom. The highest BCUT2D eigenvalue weighted by Crippen LogP contribution is 2.27. The molecule has 1 aromatic rings. The highest BCUT2D eigenvalue weighted by Gasteiger charge is 2.26. The number of rotatable bonds is 10. The molecule has 152 valence electrons. The van der Waals surface area contributed by atoms with Crippen molar-refractivity contribution in [2.75, 3.05) is 54.6 Å². The maximum Gasteiger partial charge on any atom is 0.325 e. The minimum absolute atomic E-state index is 0.108. The first-order chi connectivity index (χ1) is 12.7. The molecule has 0 fully saturated rings. The van der Waals surface area contributed by atoms with Crippen molar-refractivity contribution in [3.8, 4) is 5.75 Å². The predicted octanol–water partition coefficient (Wildman–Crippen LogP) is 0.597. The Bertz CT molecular complexity index is 763. The van der Waals surface area contributed by atoms with Gasteiger partial charge in [-0.3, -0.25) is 9.59 Å². The molecule has 0 heterocycles. The van der Waals surface area contributed by atoms with E-state index in [2.05, 4.69) is 0 Å². The number of methoxy groups -OCH3 is 2. The van der Waals surface area contributed by atoms with Crippen LogP contribution in [0, 0.1) is 0 Å². The maximum absolute atomic E-state index is 12.9. The van der Waals surface area contributed by atoms with Crippen molar-refractivity contribution in [3.63, 3.8) is 0 Å². The van der Waals surface area contributed by atoms with Crippen molar-refractivity contribution in [2.24, 2.45) is 0 Å². The predicted molar refractivity (Wildman–Crippen MR) is 98.3 cm³/mol. The zero-order valence-electron chi connectivity index (χ0n) is 16.2. The van der Waals surface area contributed by atoms with Gasteiger partial charge in [0.05, 0.1) is 20.3 Å². The van der Waals surface area contributed by atoms with E-state index < -0.39 is 21.9 Å². The SMILES string of the molecule is CCOC(=O)CN(CCOC)C(=O)c1ccc(OC)c(S(=O)(=O)N(C)C)c1. The molecule has 0 radical (unpaired) electrons. The van der Waals surface area contributed by atoms with Gasteiger partial charge in [-0.05, 0) is 25.1 Å². The summed E-state index contributed by atoms with van der Waals surface area (Å²) in [7, 11) is 1.76. The van der Waals surface area contributed by atoms with Crippen LogP contribution in [0.4, 0.5) is 0 Å². The average Bonchev–Trinajstić information content (AvgIpc) is 2.64. The number of sulfonamides is 1. The standard InChI is InChI=1S/C17H26N2O7S/c1-6-26-16(20)12-19(9-10-24-4)17(21)13-7-8-14(25-5)15(11-13)27(22,23)18(2)3/h7-8,11H,6,9-10,12H2,1-5H3. The Kier molecular flexibility index (Phi) is 8.67. The lowest BCUT2D eigenvalue weighted by atomic mass is 10.2. The van der Waals surface area contributed by atoms with E-state index in [0.717, 1.165) is 4.31 Å². The molecule has 1 rings (SSSR count). The van der Waals surface area contributed by atoms with E-state index in [1.54, 1.807) is 6.92 Å². The van der Waals surface area contributed by atoms with Crippen LogP contribution in [0.25, 0.3) is 0 Å². The summed E-state index contributed by atoms with van der Waals surface area (Å²) < 4.78 is 41.0. The van der Waals surface area contributed by atoms with Crippen LogP contribution in [-0.2, 0) is 24.3 Å². The van der Waals surface area contributed by atoms with Gasteiger partial charge in [-0.25, -0.2) is 12.7 Å². The highest BCUT2D eigenvalue weighted by molar-refractivity contribution is 7.89. The molecule has 0 saturated heterocycles. The van der Waals surface area contributed by atoms with E-state index in [1.165, 1.54) is 51.4 Å². The normalized spacial score (nSPS) is 11.3. The second kappa shape index (κ2) is 10.2. The number of benzene rings is 1. The molecule has 10 heteroatoms. The summed E-state index contributed by atoms with van der Waals surface area (Å²) in [5.41, 5.74) is 0.108. The minimum Gasteiger partial charge on any atom is -0.495 e. The molecule has 9 nitrogen and oxygen atoms in total. The number of hydrogen-bond donors (Lipinski definition) is 0. The first kappa shape index (κ1) is 22.9. The van der Waals surface area contributed by atoms with Gasteiger partial charge < -0.3 is 19.1 Å². The molecule has 1 amide bonds. The maximum atomic E-state index is 12.9. The van der Waals surface area contributed by atoms with E-state index in [0.29, 0.717) is 0 Å². The number of ether oxygens (including phenoxy) is 3. The molecular formula is C17H26N2O7S. The fraction of sp³-hybridized carbons (Fsp3) is 0.529. The fourth-order valence-electron chi connectivity index (χ4n) is 2.21. The Morgan fingerprint density at radius 3 is 2.33 bits per heavy atom. The molecule has 0 atom stereocenters. The molecule has 1 aromatic carbocycles. The molecule has 0 aliphatic rings. The van der Waals surface area contributed by atoms with Gasteiger partial charge in [-0.15, -0.1) is 0 Å². The van der Waals surface area contributed by atoms with Gasteiger partial charge in [0.15, 0.2) is 0 Å². The summed E-state index contributed by atoms with van der Waals surface area (Å²) in [6, 6.07) is 4.09. The Labute approximate surface area is 159 Å². The summed E-state index contributed by atoms with van der Waals surface area (Å²) in [6.07, 6.45) is 0. The Morgan fingerprint density at radius 2 is 1.81 bits per heavy atom. The van der Waals surface area contributed by atoms with Crippen LogP contribution in [-0.4, -0.2) is 84.1 Å². The summed E-state index contributed by atoms with van der Waals surface area (Å²) in [4.78, 5) is 25.8. The molecule has 0 unspecified atom stereocenters. The van der Waals surface area contributed by atoms with Crippen LogP contribution < -0.4 is 4.74 Å². The van der Waals surface area contributed by atoms with Crippen LogP contribution in [0.2, 0.25) is 0 Å². The van der Waals surface area contributed by atoms with Crippen LogP contribution in [0.1, 0.15) is 17.3 Å². The van der Waals surface area contributed by atoms with Gasteiger partial charge in [0.25, 0.3) is 5.91 Å². The molecule has 0 N–H and O–H groups in total. The summed E-state index contributed by atoms with van der Waals surface area (Å²) in [5, 5.41) is 0. The van der Waals surface area contributed by atoms with Crippen LogP contribution in [0.3, 0.4) is 0 Å². The monoisotopic (exact) mass is 402 g/mol. The van der Waals surface area contributed by atoms with Crippen molar-refractivity contribution in [2.45, 2.75) is 11.8 Å². The van der Waals surface area contributed by atoms with E-state index in [9.17, 15) is 18.0 Å². The van der Waals surface area contributed by atoms with E-state index in [-0.39, 0.29) is 42.5 Å². The minimum atomic E-state index is -3.83. The van der Waals surface area contributed by atoms with Crippen molar-refractivity contribution >= 4 is 21.9 Å². The smallest absolute Gasteiger partial charge is 0.325 e. The molecule has 0 aliphatic carbocycles. The largest absolute Gasteiger partial charge is 0.495 e. The Balaban J connectivity index is 3.27. The van der Waals surface area contributed by atoms with Crippen molar-refractivity contribution < 1.29 is 32.2 Å². The van der Waals surface area contributed by atoms with Crippen molar-refractivity contribution in [1.29, 1.82) is 0 Å². The van der Waals surface area contributed by atoms with Crippen LogP contribution in [0.15, 0.2) is 23.1 Å². The quantitative estimate of drug-likeness (QED) is 0.528. The third-order valence-electron chi connectivity index (χ3n) is 3.65. The zero-order chi connectivity index (χ0) is 20.6. The first-order valence-corrected chi connectivity index (χ1v) is 9.67. The van der Waals surface area contributed by atoms with Gasteiger partial charge in [0, 0.05) is 33.3 Å². The van der Waals surface area contributed by atoms with E-state index in [1.807, 2.05) is 0 Å². The molecule has 0 spiro atoms. The second-order valence-corrected chi connectivity index (χ2v) is 7.80. The molecule has 27 heavy (non-hydrogen) atoms. The number of hydrogen-bond acceptors (Lipinski definition) is 7. The van der Waals surface area contributed by atoms with Crippen LogP contribution in [0.5, 0.6) is 5.75 Å². The van der Waals surface area contributed by atoms with Gasteiger partial charge in [-0.1, -0.05) is 0 Å². The third-order valence-corrected chi connectivity index (χ3v) is 5.48. The highest BCUT2D eigenvalue weighted by atomic mass is 32.2. The fourth-order valence-corrected chi connectivity index (χ4v) is 3.28. The summed E-state index contributed by atoms with van der Waals surface area (Å²) in [5.74, 6) is -0.955. The molecule has 0 aliphatic heterocycles. The van der Waals surface area contributed by atoms with Gasteiger partial charge in [-0.2, -0.15) is 0 Å². The zero-order valence-corrected chi connectivity index (χ0v) is 17.0. The van der Waals surface area contributed by atoms with E-state index >= 15 is 0 Å². The third kappa shape index (κ3) is 5.91. The number of carbonyl (C=O) groups is 2. The summed E-state index contributed by atoms with van der Waals surface area (Å²) >= 11 is 0. The van der Waals surface area contributed by atoms with Crippen molar-refractivity contribution in [3.05, 3.63) is 23.8 Å². The van der Waals surface area contributed by atoms with E-state index in [4.69, 9.17) is 14.2 Å². The molecular weight excluding hydrogens is 376 g/mol. The number of esters is 1.